The number of rotatable bonds is 11. The zero-order chi connectivity index (χ0) is 32.6. The van der Waals surface area contributed by atoms with E-state index in [9.17, 15) is 24.5 Å². The lowest BCUT2D eigenvalue weighted by Crippen LogP contribution is -2.30. The Morgan fingerprint density at radius 3 is 2.35 bits per heavy atom. The van der Waals surface area contributed by atoms with Gasteiger partial charge in [-0.15, -0.1) is 11.8 Å². The van der Waals surface area contributed by atoms with Gasteiger partial charge in [0.25, 0.3) is 17.5 Å². The number of aromatic nitrogens is 1. The van der Waals surface area contributed by atoms with Crippen molar-refractivity contribution in [1.82, 2.24) is 10.3 Å². The average Bonchev–Trinajstić information content (AvgIpc) is 3.47. The number of nitro benzene ring substituents is 1. The number of hydrogen-bond donors (Lipinski definition) is 3. The summed E-state index contributed by atoms with van der Waals surface area (Å²) in [5.41, 5.74) is 1.91. The first-order valence-corrected chi connectivity index (χ1v) is 15.5. The highest BCUT2D eigenvalue weighted by Gasteiger charge is 2.18. The van der Waals surface area contributed by atoms with Crippen LogP contribution in [0.25, 0.3) is 16.3 Å². The first kappa shape index (κ1) is 31.9. The van der Waals surface area contributed by atoms with Gasteiger partial charge in [0.1, 0.15) is 11.4 Å². The van der Waals surface area contributed by atoms with Crippen LogP contribution in [0, 0.1) is 10.1 Å². The zero-order valence-corrected chi connectivity index (χ0v) is 26.2. The Balaban J connectivity index is 1.24. The van der Waals surface area contributed by atoms with Gasteiger partial charge in [-0.25, -0.2) is 4.98 Å². The molecule has 0 aliphatic carbocycles. The molecule has 0 aliphatic rings. The Kier molecular flexibility index (Phi) is 10.0. The van der Waals surface area contributed by atoms with E-state index in [1.54, 1.807) is 68.6 Å². The van der Waals surface area contributed by atoms with Crippen LogP contribution in [-0.2, 0) is 9.59 Å². The number of thiazole rings is 1. The van der Waals surface area contributed by atoms with E-state index in [0.717, 1.165) is 15.1 Å². The molecule has 0 radical (unpaired) electrons. The van der Waals surface area contributed by atoms with Crippen molar-refractivity contribution in [3.05, 3.63) is 124 Å². The number of carbonyl (C=O) groups excluding carboxylic acids is 3. The highest BCUT2D eigenvalue weighted by molar-refractivity contribution is 8.00. The summed E-state index contributed by atoms with van der Waals surface area (Å²) in [4.78, 5) is 54.8. The van der Waals surface area contributed by atoms with Crippen molar-refractivity contribution in [3.63, 3.8) is 0 Å². The number of nitrogens with one attached hydrogen (secondary N) is 3. The third kappa shape index (κ3) is 8.14. The Bertz CT molecular complexity index is 1930. The van der Waals surface area contributed by atoms with Crippen molar-refractivity contribution in [2.24, 2.45) is 0 Å². The number of carbonyl (C=O) groups is 3. The molecule has 46 heavy (non-hydrogen) atoms. The number of ether oxygens (including phenoxy) is 1. The molecule has 4 aromatic carbocycles. The van der Waals surface area contributed by atoms with Crippen LogP contribution in [0.1, 0.15) is 22.8 Å². The van der Waals surface area contributed by atoms with E-state index in [0.29, 0.717) is 27.7 Å². The van der Waals surface area contributed by atoms with Crippen molar-refractivity contribution in [2.45, 2.75) is 17.1 Å². The number of hydrogen-bond acceptors (Lipinski definition) is 9. The number of nitrogens with zero attached hydrogens (tertiary/aromatic N) is 2. The number of methoxy groups -OCH3 is 1. The topological polar surface area (TPSA) is 153 Å². The number of nitro groups is 1. The summed E-state index contributed by atoms with van der Waals surface area (Å²) in [5, 5.41) is 19.4. The van der Waals surface area contributed by atoms with Crippen LogP contribution >= 0.6 is 23.1 Å². The number of fused-ring (bicyclic) bond motifs is 1. The molecular formula is C33H27N5O6S2. The highest BCUT2D eigenvalue weighted by atomic mass is 32.2. The second-order valence-corrected chi connectivity index (χ2v) is 12.3. The van der Waals surface area contributed by atoms with E-state index in [1.807, 2.05) is 18.2 Å². The molecule has 1 aromatic heterocycles. The van der Waals surface area contributed by atoms with Crippen molar-refractivity contribution >= 4 is 73.6 Å². The van der Waals surface area contributed by atoms with Gasteiger partial charge in [0, 0.05) is 28.3 Å². The first-order chi connectivity index (χ1) is 22.2. The summed E-state index contributed by atoms with van der Waals surface area (Å²) in [5.74, 6) is -0.576. The predicted octanol–water partition coefficient (Wildman–Crippen LogP) is 6.74. The fraction of sp³-hybridized carbons (Fsp3) is 0.0909. The molecule has 0 aliphatic heterocycles. The normalized spacial score (nSPS) is 11.8. The van der Waals surface area contributed by atoms with Gasteiger partial charge in [0.15, 0.2) is 5.13 Å². The Morgan fingerprint density at radius 1 is 0.957 bits per heavy atom. The molecule has 13 heteroatoms. The van der Waals surface area contributed by atoms with Crippen LogP contribution in [0.5, 0.6) is 5.75 Å². The van der Waals surface area contributed by atoms with Crippen LogP contribution in [0.15, 0.2) is 108 Å². The molecule has 5 aromatic rings. The van der Waals surface area contributed by atoms with Crippen LogP contribution in [0.2, 0.25) is 0 Å². The van der Waals surface area contributed by atoms with Crippen LogP contribution < -0.4 is 20.7 Å². The maximum Gasteiger partial charge on any atom is 0.272 e. The molecular weight excluding hydrogens is 627 g/mol. The summed E-state index contributed by atoms with van der Waals surface area (Å²) in [6, 6.07) is 26.5. The zero-order valence-electron chi connectivity index (χ0n) is 24.6. The second kappa shape index (κ2) is 14.5. The van der Waals surface area contributed by atoms with Crippen molar-refractivity contribution < 1.29 is 24.0 Å². The van der Waals surface area contributed by atoms with Crippen molar-refractivity contribution in [1.29, 1.82) is 0 Å². The van der Waals surface area contributed by atoms with Gasteiger partial charge in [-0.05, 0) is 85.3 Å². The van der Waals surface area contributed by atoms with Crippen molar-refractivity contribution in [3.8, 4) is 5.75 Å². The van der Waals surface area contributed by atoms with Crippen molar-refractivity contribution in [2.75, 3.05) is 17.7 Å². The standard InChI is InChI=1S/C33H27N5O6S2/c1-20(30(39)37-33-36-27-17-14-25(44-2)19-29(27)46-33)45-26-15-10-23(11-16-26)34-32(41)28(35-31(40)22-6-4-3-5-7-22)18-21-8-12-24(13-9-21)38(42)43/h3-20H,1-2H3,(H,34,41)(H,35,40)(H,36,37,39)/b28-18-. The number of non-ortho nitro benzene ring substituents is 1. The number of amides is 3. The van der Waals surface area contributed by atoms with E-state index in [2.05, 4.69) is 20.9 Å². The van der Waals surface area contributed by atoms with E-state index < -0.39 is 22.0 Å². The molecule has 11 nitrogen and oxygen atoms in total. The van der Waals surface area contributed by atoms with Gasteiger partial charge < -0.3 is 20.7 Å². The molecule has 0 fully saturated rings. The third-order valence-corrected chi connectivity index (χ3v) is 8.61. The molecule has 3 amide bonds. The van der Waals surface area contributed by atoms with Gasteiger partial charge in [0.2, 0.25) is 5.91 Å². The minimum Gasteiger partial charge on any atom is -0.497 e. The highest BCUT2D eigenvalue weighted by Crippen LogP contribution is 2.31. The summed E-state index contributed by atoms with van der Waals surface area (Å²) in [7, 11) is 1.59. The Morgan fingerprint density at radius 2 is 1.67 bits per heavy atom. The minimum absolute atomic E-state index is 0.0558. The molecule has 1 atom stereocenters. The second-order valence-electron chi connectivity index (χ2n) is 9.81. The average molecular weight is 654 g/mol. The molecule has 3 N–H and O–H groups in total. The van der Waals surface area contributed by atoms with Crippen LogP contribution in [0.3, 0.4) is 0 Å². The lowest BCUT2D eigenvalue weighted by Gasteiger charge is -2.13. The van der Waals surface area contributed by atoms with Crippen LogP contribution in [-0.4, -0.2) is 40.0 Å². The Labute approximate surface area is 271 Å². The van der Waals surface area contributed by atoms with E-state index >= 15 is 0 Å². The van der Waals surface area contributed by atoms with Gasteiger partial charge in [-0.1, -0.05) is 29.5 Å². The predicted molar refractivity (Wildman–Crippen MR) is 180 cm³/mol. The van der Waals surface area contributed by atoms with E-state index in [1.165, 1.54) is 53.4 Å². The molecule has 1 unspecified atom stereocenters. The van der Waals surface area contributed by atoms with Gasteiger partial charge in [-0.3, -0.25) is 24.5 Å². The smallest absolute Gasteiger partial charge is 0.272 e. The van der Waals surface area contributed by atoms with Gasteiger partial charge in [-0.2, -0.15) is 0 Å². The third-order valence-electron chi connectivity index (χ3n) is 6.56. The lowest BCUT2D eigenvalue weighted by molar-refractivity contribution is -0.384. The molecule has 0 spiro atoms. The molecule has 0 saturated heterocycles. The quantitative estimate of drug-likeness (QED) is 0.0613. The fourth-order valence-electron chi connectivity index (χ4n) is 4.17. The van der Waals surface area contributed by atoms with Gasteiger partial charge in [0.05, 0.1) is 27.5 Å². The maximum absolute atomic E-state index is 13.3. The van der Waals surface area contributed by atoms with Crippen LogP contribution in [0.4, 0.5) is 16.5 Å². The number of benzene rings is 4. The van der Waals surface area contributed by atoms with E-state index in [-0.39, 0.29) is 17.3 Å². The molecule has 0 saturated carbocycles. The fourth-order valence-corrected chi connectivity index (χ4v) is 5.93. The number of anilines is 2. The van der Waals surface area contributed by atoms with E-state index in [4.69, 9.17) is 4.74 Å². The summed E-state index contributed by atoms with van der Waals surface area (Å²) in [6.45, 7) is 1.79. The Hall–Kier alpha value is -5.53. The summed E-state index contributed by atoms with van der Waals surface area (Å²) >= 11 is 2.71. The molecule has 5 rings (SSSR count). The maximum atomic E-state index is 13.3. The number of thioether (sulfide) groups is 1. The molecule has 1 heterocycles. The monoisotopic (exact) mass is 653 g/mol. The minimum atomic E-state index is -0.593. The molecule has 232 valence electrons. The SMILES string of the molecule is COc1ccc2nc(NC(=O)C(C)Sc3ccc(NC(=O)/C(=C/c4ccc([N+](=O)[O-])cc4)NC(=O)c4ccccc4)cc3)sc2c1. The lowest BCUT2D eigenvalue weighted by atomic mass is 10.1. The summed E-state index contributed by atoms with van der Waals surface area (Å²) in [6.07, 6.45) is 1.44. The first-order valence-electron chi connectivity index (χ1n) is 13.8. The molecule has 0 bridgehead atoms. The largest absolute Gasteiger partial charge is 0.497 e. The summed E-state index contributed by atoms with van der Waals surface area (Å²) < 4.78 is 6.15. The van der Waals surface area contributed by atoms with Gasteiger partial charge >= 0.3 is 0 Å².